The summed E-state index contributed by atoms with van der Waals surface area (Å²) in [6, 6.07) is 23.0. The minimum Gasteiger partial charge on any atom is -0.497 e. The number of carbonyl (C=O) groups is 2. The van der Waals surface area contributed by atoms with E-state index in [2.05, 4.69) is 5.32 Å². The van der Waals surface area contributed by atoms with E-state index in [1.54, 1.807) is 79.9 Å². The Kier molecular flexibility index (Phi) is 4.75. The number of para-hydroxylation sites is 1. The first kappa shape index (κ1) is 18.3. The number of amides is 1. The highest BCUT2D eigenvalue weighted by Gasteiger charge is 2.24. The Morgan fingerprint density at radius 1 is 0.931 bits per heavy atom. The van der Waals surface area contributed by atoms with Crippen LogP contribution in [0.1, 0.15) is 20.7 Å². The second kappa shape index (κ2) is 7.52. The number of nitrogen functional groups attached to an aromatic ring is 1. The Hall–Kier alpha value is -4.06. The van der Waals surface area contributed by atoms with E-state index in [1.165, 1.54) is 4.57 Å². The molecule has 4 aromatic rings. The third kappa shape index (κ3) is 3.32. The molecule has 144 valence electrons. The van der Waals surface area contributed by atoms with Gasteiger partial charge in [0, 0.05) is 22.7 Å². The number of aromatic nitrogens is 1. The molecule has 1 amide bonds. The van der Waals surface area contributed by atoms with Gasteiger partial charge in [-0.15, -0.1) is 0 Å². The number of fused-ring (bicyclic) bond motifs is 1. The van der Waals surface area contributed by atoms with E-state index in [0.29, 0.717) is 27.9 Å². The van der Waals surface area contributed by atoms with Crippen LogP contribution >= 0.6 is 0 Å². The van der Waals surface area contributed by atoms with Crippen LogP contribution in [0.4, 0.5) is 11.5 Å². The van der Waals surface area contributed by atoms with Crippen molar-refractivity contribution in [3.05, 3.63) is 90.0 Å². The highest BCUT2D eigenvalue weighted by atomic mass is 16.5. The van der Waals surface area contributed by atoms with Gasteiger partial charge in [0.15, 0.2) is 0 Å². The highest BCUT2D eigenvalue weighted by Crippen LogP contribution is 2.30. The minimum absolute atomic E-state index is 0.0976. The summed E-state index contributed by atoms with van der Waals surface area (Å²) in [6.07, 6.45) is 0. The van der Waals surface area contributed by atoms with E-state index in [9.17, 15) is 9.59 Å². The summed E-state index contributed by atoms with van der Waals surface area (Å²) in [7, 11) is 1.56. The Balaban J connectivity index is 1.80. The molecular weight excluding hydrogens is 366 g/mol. The van der Waals surface area contributed by atoms with Gasteiger partial charge in [-0.2, -0.15) is 0 Å². The van der Waals surface area contributed by atoms with E-state index in [4.69, 9.17) is 10.5 Å². The first-order valence-electron chi connectivity index (χ1n) is 9.04. The van der Waals surface area contributed by atoms with Crippen LogP contribution in [0.25, 0.3) is 10.9 Å². The molecule has 3 N–H and O–H groups in total. The fraction of sp³-hybridized carbons (Fsp3) is 0.0435. The second-order valence-electron chi connectivity index (χ2n) is 6.47. The largest absolute Gasteiger partial charge is 0.497 e. The van der Waals surface area contributed by atoms with Crippen molar-refractivity contribution in [2.24, 2.45) is 0 Å². The lowest BCUT2D eigenvalue weighted by Crippen LogP contribution is -2.17. The van der Waals surface area contributed by atoms with Gasteiger partial charge in [0.2, 0.25) is 0 Å². The summed E-state index contributed by atoms with van der Waals surface area (Å²) in [6.45, 7) is 0. The lowest BCUT2D eigenvalue weighted by Gasteiger charge is -2.08. The van der Waals surface area contributed by atoms with E-state index < -0.39 is 5.91 Å². The number of nitrogens with two attached hydrogens (primary N) is 1. The molecule has 1 heterocycles. The number of anilines is 2. The molecule has 0 spiro atoms. The van der Waals surface area contributed by atoms with Crippen molar-refractivity contribution in [2.45, 2.75) is 0 Å². The lowest BCUT2D eigenvalue weighted by molar-refractivity contribution is 0.0967. The average Bonchev–Trinajstić information content (AvgIpc) is 3.05. The van der Waals surface area contributed by atoms with Crippen LogP contribution in [-0.2, 0) is 0 Å². The normalized spacial score (nSPS) is 10.7. The Bertz CT molecular complexity index is 1210. The molecule has 29 heavy (non-hydrogen) atoms. The molecule has 0 bridgehead atoms. The minimum atomic E-state index is -0.397. The molecule has 0 saturated carbocycles. The molecule has 0 aliphatic rings. The predicted molar refractivity (Wildman–Crippen MR) is 113 cm³/mol. The maximum atomic E-state index is 13.1. The zero-order valence-electron chi connectivity index (χ0n) is 15.8. The van der Waals surface area contributed by atoms with Gasteiger partial charge >= 0.3 is 0 Å². The second-order valence-corrected chi connectivity index (χ2v) is 6.47. The van der Waals surface area contributed by atoms with E-state index >= 15 is 0 Å². The fourth-order valence-electron chi connectivity index (χ4n) is 3.32. The number of nitrogens with one attached hydrogen (secondary N) is 1. The van der Waals surface area contributed by atoms with Crippen molar-refractivity contribution in [3.8, 4) is 5.75 Å². The molecule has 3 aromatic carbocycles. The number of carbonyl (C=O) groups excluding carboxylic acids is 2. The van der Waals surface area contributed by atoms with Gasteiger partial charge in [-0.05, 0) is 30.3 Å². The number of ether oxygens (including phenoxy) is 1. The number of hydrogen-bond acceptors (Lipinski definition) is 4. The van der Waals surface area contributed by atoms with Crippen LogP contribution in [-0.4, -0.2) is 23.5 Å². The maximum absolute atomic E-state index is 13.1. The summed E-state index contributed by atoms with van der Waals surface area (Å²) in [5, 5.41) is 3.44. The summed E-state index contributed by atoms with van der Waals surface area (Å²) in [5.41, 5.74) is 8.21. The molecule has 1 aromatic heterocycles. The monoisotopic (exact) mass is 385 g/mol. The molecule has 0 aliphatic carbocycles. The molecule has 0 fully saturated rings. The van der Waals surface area contributed by atoms with Crippen LogP contribution in [0, 0.1) is 0 Å². The smallest absolute Gasteiger partial charge is 0.263 e. The first-order valence-corrected chi connectivity index (χ1v) is 9.04. The van der Waals surface area contributed by atoms with Crippen molar-refractivity contribution in [1.29, 1.82) is 0 Å². The van der Waals surface area contributed by atoms with E-state index in [-0.39, 0.29) is 17.3 Å². The Morgan fingerprint density at radius 3 is 2.41 bits per heavy atom. The summed E-state index contributed by atoms with van der Waals surface area (Å²) < 4.78 is 6.58. The zero-order valence-corrected chi connectivity index (χ0v) is 15.8. The molecule has 0 unspecified atom stereocenters. The standard InChI is InChI=1S/C23H19N3O3/c1-29-17-11-7-10-16(14-17)25-22(27)20-18-12-5-6-13-19(18)26(21(20)24)23(28)15-8-3-2-4-9-15/h2-14H,24H2,1H3,(H,25,27). The Labute approximate surface area is 167 Å². The predicted octanol–water partition coefficient (Wildman–Crippen LogP) is 4.17. The summed E-state index contributed by atoms with van der Waals surface area (Å²) >= 11 is 0. The number of rotatable bonds is 4. The molecular formula is C23H19N3O3. The van der Waals surface area contributed by atoms with E-state index in [0.717, 1.165) is 0 Å². The molecule has 0 aliphatic heterocycles. The quantitative estimate of drug-likeness (QED) is 0.552. The van der Waals surface area contributed by atoms with Crippen molar-refractivity contribution in [1.82, 2.24) is 4.57 Å². The topological polar surface area (TPSA) is 86.3 Å². The number of hydrogen-bond donors (Lipinski definition) is 2. The highest BCUT2D eigenvalue weighted by molar-refractivity contribution is 6.19. The molecule has 0 saturated heterocycles. The van der Waals surface area contributed by atoms with Crippen molar-refractivity contribution in [3.63, 3.8) is 0 Å². The van der Waals surface area contributed by atoms with Gasteiger partial charge in [0.1, 0.15) is 11.6 Å². The van der Waals surface area contributed by atoms with Crippen molar-refractivity contribution >= 4 is 34.2 Å². The fourth-order valence-corrected chi connectivity index (χ4v) is 3.32. The van der Waals surface area contributed by atoms with Gasteiger partial charge in [-0.3, -0.25) is 14.2 Å². The van der Waals surface area contributed by atoms with Gasteiger partial charge in [0.25, 0.3) is 11.8 Å². The van der Waals surface area contributed by atoms with E-state index in [1.807, 2.05) is 6.07 Å². The van der Waals surface area contributed by atoms with Gasteiger partial charge in [-0.25, -0.2) is 0 Å². The number of nitrogens with zero attached hydrogens (tertiary/aromatic N) is 1. The van der Waals surface area contributed by atoms with Crippen LogP contribution in [0.15, 0.2) is 78.9 Å². The first-order chi connectivity index (χ1) is 14.1. The molecule has 0 atom stereocenters. The average molecular weight is 385 g/mol. The van der Waals surface area contributed by atoms with Crippen molar-refractivity contribution in [2.75, 3.05) is 18.2 Å². The number of benzene rings is 3. The molecule has 0 radical (unpaired) electrons. The van der Waals surface area contributed by atoms with Gasteiger partial charge < -0.3 is 15.8 Å². The van der Waals surface area contributed by atoms with Gasteiger partial charge in [0.05, 0.1) is 18.2 Å². The van der Waals surface area contributed by atoms with Crippen LogP contribution in [0.2, 0.25) is 0 Å². The molecule has 6 heteroatoms. The van der Waals surface area contributed by atoms with Gasteiger partial charge in [-0.1, -0.05) is 42.5 Å². The summed E-state index contributed by atoms with van der Waals surface area (Å²) in [5.74, 6) is 0.0317. The molecule has 4 rings (SSSR count). The lowest BCUT2D eigenvalue weighted by atomic mass is 10.1. The van der Waals surface area contributed by atoms with Crippen LogP contribution in [0.5, 0.6) is 5.75 Å². The summed E-state index contributed by atoms with van der Waals surface area (Å²) in [4.78, 5) is 26.2. The molecule has 6 nitrogen and oxygen atoms in total. The third-order valence-electron chi connectivity index (χ3n) is 4.69. The Morgan fingerprint density at radius 2 is 1.66 bits per heavy atom. The van der Waals surface area contributed by atoms with Crippen LogP contribution < -0.4 is 15.8 Å². The maximum Gasteiger partial charge on any atom is 0.263 e. The number of methoxy groups -OCH3 is 1. The SMILES string of the molecule is COc1cccc(NC(=O)c2c(N)n(C(=O)c3ccccc3)c3ccccc23)c1. The zero-order chi connectivity index (χ0) is 20.4. The van der Waals surface area contributed by atoms with Crippen molar-refractivity contribution < 1.29 is 14.3 Å². The third-order valence-corrected chi connectivity index (χ3v) is 4.69. The van der Waals surface area contributed by atoms with Crippen LogP contribution in [0.3, 0.4) is 0 Å².